The molecule has 1 aromatic heterocycles. The van der Waals surface area contributed by atoms with E-state index in [4.69, 9.17) is 24.2 Å². The van der Waals surface area contributed by atoms with Crippen LogP contribution in [0.15, 0.2) is 30.5 Å². The first-order valence-electron chi connectivity index (χ1n) is 6.93. The molecule has 2 N–H and O–H groups in total. The standard InChI is InChI=1S/C14H17BN2O6/c1-3-22-14(18)13-12(23-15(19)20)8-16-17(13)9-10-4-6-11(21-2)7-5-10/h4-8,19-20H,3,9H2,1-2H3. The van der Waals surface area contributed by atoms with Crippen molar-refractivity contribution in [2.45, 2.75) is 13.5 Å². The summed E-state index contributed by atoms with van der Waals surface area (Å²) < 4.78 is 16.2. The van der Waals surface area contributed by atoms with E-state index in [0.717, 1.165) is 5.56 Å². The van der Waals surface area contributed by atoms with Gasteiger partial charge in [-0.25, -0.2) is 4.79 Å². The van der Waals surface area contributed by atoms with Gasteiger partial charge in [-0.3, -0.25) is 4.68 Å². The molecule has 0 spiro atoms. The van der Waals surface area contributed by atoms with Crippen molar-refractivity contribution in [3.63, 3.8) is 0 Å². The maximum absolute atomic E-state index is 12.1. The Balaban J connectivity index is 2.29. The number of benzene rings is 1. The van der Waals surface area contributed by atoms with Gasteiger partial charge >= 0.3 is 13.3 Å². The Morgan fingerprint density at radius 3 is 2.57 bits per heavy atom. The van der Waals surface area contributed by atoms with Gasteiger partial charge in [0.15, 0.2) is 11.4 Å². The molecule has 2 rings (SSSR count). The maximum Gasteiger partial charge on any atom is 0.707 e. The summed E-state index contributed by atoms with van der Waals surface area (Å²) >= 11 is 0. The molecular formula is C14H17BN2O6. The average Bonchev–Trinajstić information content (AvgIpc) is 2.90. The fraction of sp³-hybridized carbons (Fsp3) is 0.286. The van der Waals surface area contributed by atoms with Crippen LogP contribution in [0.3, 0.4) is 0 Å². The van der Waals surface area contributed by atoms with Gasteiger partial charge in [0.1, 0.15) is 5.75 Å². The van der Waals surface area contributed by atoms with Crippen molar-refractivity contribution in [2.24, 2.45) is 0 Å². The van der Waals surface area contributed by atoms with Crippen LogP contribution in [0.4, 0.5) is 0 Å². The third kappa shape index (κ3) is 4.24. The van der Waals surface area contributed by atoms with Gasteiger partial charge < -0.3 is 24.2 Å². The van der Waals surface area contributed by atoms with Gasteiger partial charge in [0.25, 0.3) is 0 Å². The summed E-state index contributed by atoms with van der Waals surface area (Å²) in [6.45, 7) is 2.13. The van der Waals surface area contributed by atoms with Crippen molar-refractivity contribution in [3.05, 3.63) is 41.7 Å². The van der Waals surface area contributed by atoms with Crippen molar-refractivity contribution in [1.29, 1.82) is 0 Å². The van der Waals surface area contributed by atoms with Gasteiger partial charge in [-0.1, -0.05) is 12.1 Å². The minimum atomic E-state index is -2.05. The second-order valence-electron chi connectivity index (χ2n) is 4.53. The molecule has 0 saturated carbocycles. The van der Waals surface area contributed by atoms with Gasteiger partial charge in [0.2, 0.25) is 0 Å². The lowest BCUT2D eigenvalue weighted by Gasteiger charge is -2.10. The number of hydrogen-bond donors (Lipinski definition) is 2. The summed E-state index contributed by atoms with van der Waals surface area (Å²) in [6, 6.07) is 7.24. The summed E-state index contributed by atoms with van der Waals surface area (Å²) in [4.78, 5) is 12.1. The lowest BCUT2D eigenvalue weighted by Crippen LogP contribution is -2.23. The summed E-state index contributed by atoms with van der Waals surface area (Å²) in [5.74, 6) is -0.00613. The van der Waals surface area contributed by atoms with Crippen LogP contribution in [-0.2, 0) is 11.3 Å². The van der Waals surface area contributed by atoms with Crippen LogP contribution in [0.1, 0.15) is 23.0 Å². The Morgan fingerprint density at radius 1 is 1.30 bits per heavy atom. The lowest BCUT2D eigenvalue weighted by molar-refractivity contribution is 0.0510. The topological polar surface area (TPSA) is 103 Å². The number of esters is 1. The summed E-state index contributed by atoms with van der Waals surface area (Å²) in [5.41, 5.74) is 0.881. The van der Waals surface area contributed by atoms with E-state index in [1.807, 2.05) is 12.1 Å². The smallest absolute Gasteiger partial charge is 0.509 e. The second kappa shape index (κ2) is 7.66. The van der Waals surface area contributed by atoms with E-state index in [1.165, 1.54) is 10.9 Å². The molecule has 0 fully saturated rings. The predicted molar refractivity (Wildman–Crippen MR) is 81.1 cm³/mol. The lowest BCUT2D eigenvalue weighted by atomic mass is 10.2. The fourth-order valence-electron chi connectivity index (χ4n) is 2.00. The molecule has 2 aromatic rings. The number of ether oxygens (including phenoxy) is 2. The predicted octanol–water partition coefficient (Wildman–Crippen LogP) is 0.465. The molecule has 0 aliphatic heterocycles. The maximum atomic E-state index is 12.1. The molecular weight excluding hydrogens is 303 g/mol. The minimum Gasteiger partial charge on any atom is -0.509 e. The Labute approximate surface area is 133 Å². The van der Waals surface area contributed by atoms with Crippen LogP contribution in [0.5, 0.6) is 11.5 Å². The number of methoxy groups -OCH3 is 1. The molecule has 9 heteroatoms. The van der Waals surface area contributed by atoms with Gasteiger partial charge in [-0.15, -0.1) is 0 Å². The van der Waals surface area contributed by atoms with Crippen LogP contribution in [0.25, 0.3) is 0 Å². The van der Waals surface area contributed by atoms with E-state index < -0.39 is 13.3 Å². The Bertz CT molecular complexity index is 656. The van der Waals surface area contributed by atoms with E-state index in [0.29, 0.717) is 5.75 Å². The van der Waals surface area contributed by atoms with Crippen LogP contribution in [0, 0.1) is 0 Å². The third-order valence-electron chi connectivity index (χ3n) is 3.00. The first-order valence-corrected chi connectivity index (χ1v) is 6.93. The normalized spacial score (nSPS) is 10.3. The molecule has 0 unspecified atom stereocenters. The average molecular weight is 320 g/mol. The largest absolute Gasteiger partial charge is 0.707 e. The van der Waals surface area contributed by atoms with Gasteiger partial charge in [0.05, 0.1) is 26.5 Å². The Hall–Kier alpha value is -2.52. The Morgan fingerprint density at radius 2 is 2.00 bits per heavy atom. The van der Waals surface area contributed by atoms with Crippen LogP contribution < -0.4 is 9.39 Å². The molecule has 122 valence electrons. The molecule has 1 heterocycles. The highest BCUT2D eigenvalue weighted by atomic mass is 16.6. The number of nitrogens with zero attached hydrogens (tertiary/aromatic N) is 2. The Kier molecular flexibility index (Phi) is 5.61. The number of carbonyl (C=O) groups excluding carboxylic acids is 1. The summed E-state index contributed by atoms with van der Waals surface area (Å²) in [5, 5.41) is 21.9. The van der Waals surface area contributed by atoms with Gasteiger partial charge in [-0.05, 0) is 24.6 Å². The van der Waals surface area contributed by atoms with Crippen molar-refractivity contribution in [3.8, 4) is 11.5 Å². The van der Waals surface area contributed by atoms with E-state index >= 15 is 0 Å². The highest BCUT2D eigenvalue weighted by Gasteiger charge is 2.24. The van der Waals surface area contributed by atoms with Crippen molar-refractivity contribution in [1.82, 2.24) is 9.78 Å². The van der Waals surface area contributed by atoms with E-state index in [9.17, 15) is 4.79 Å². The van der Waals surface area contributed by atoms with Crippen molar-refractivity contribution in [2.75, 3.05) is 13.7 Å². The van der Waals surface area contributed by atoms with Crippen LogP contribution in [0.2, 0.25) is 0 Å². The number of hydrogen-bond acceptors (Lipinski definition) is 7. The summed E-state index contributed by atoms with van der Waals surface area (Å²) in [6.07, 6.45) is 1.23. The molecule has 23 heavy (non-hydrogen) atoms. The quantitative estimate of drug-likeness (QED) is 0.564. The minimum absolute atomic E-state index is 0.00997. The molecule has 0 aliphatic carbocycles. The monoisotopic (exact) mass is 320 g/mol. The first-order chi connectivity index (χ1) is 11.0. The number of aromatic nitrogens is 2. The van der Waals surface area contributed by atoms with E-state index in [-0.39, 0.29) is 24.6 Å². The highest BCUT2D eigenvalue weighted by Crippen LogP contribution is 2.21. The molecule has 1 aromatic carbocycles. The van der Waals surface area contributed by atoms with Crippen molar-refractivity contribution < 1.29 is 29.0 Å². The molecule has 0 aliphatic rings. The highest BCUT2D eigenvalue weighted by molar-refractivity contribution is 6.34. The molecule has 0 amide bonds. The van der Waals surface area contributed by atoms with Gasteiger partial charge in [-0.2, -0.15) is 5.10 Å². The van der Waals surface area contributed by atoms with Crippen molar-refractivity contribution >= 4 is 13.3 Å². The number of rotatable bonds is 7. The zero-order chi connectivity index (χ0) is 16.8. The molecule has 0 bridgehead atoms. The third-order valence-corrected chi connectivity index (χ3v) is 3.00. The van der Waals surface area contributed by atoms with Gasteiger partial charge in [0, 0.05) is 0 Å². The first kappa shape index (κ1) is 16.8. The second-order valence-corrected chi connectivity index (χ2v) is 4.53. The molecule has 8 nitrogen and oxygen atoms in total. The number of carbonyl (C=O) groups is 1. The van der Waals surface area contributed by atoms with E-state index in [1.54, 1.807) is 26.2 Å². The molecule has 0 saturated heterocycles. The van der Waals surface area contributed by atoms with E-state index in [2.05, 4.69) is 5.10 Å². The van der Waals surface area contributed by atoms with Crippen LogP contribution in [-0.4, -0.2) is 46.8 Å². The molecule has 0 atom stereocenters. The fourth-order valence-corrected chi connectivity index (χ4v) is 2.00. The molecule has 0 radical (unpaired) electrons. The zero-order valence-electron chi connectivity index (χ0n) is 12.8. The summed E-state index contributed by atoms with van der Waals surface area (Å²) in [7, 11) is -0.479. The zero-order valence-corrected chi connectivity index (χ0v) is 12.8. The SMILES string of the molecule is CCOC(=O)c1c(OB(O)O)cnn1Cc1ccc(OC)cc1. The van der Waals surface area contributed by atoms with Crippen LogP contribution >= 0.6 is 0 Å².